The lowest BCUT2D eigenvalue weighted by Crippen LogP contribution is -2.07. The second kappa shape index (κ2) is 6.97. The molecule has 2 N–H and O–H groups in total. The number of benzene rings is 1. The van der Waals surface area contributed by atoms with Gasteiger partial charge in [-0.2, -0.15) is 0 Å². The minimum Gasteiger partial charge on any atom is -0.507 e. The van der Waals surface area contributed by atoms with Crippen molar-refractivity contribution < 1.29 is 9.84 Å². The van der Waals surface area contributed by atoms with Crippen molar-refractivity contribution in [3.63, 3.8) is 0 Å². The molecule has 0 aromatic heterocycles. The Morgan fingerprint density at radius 2 is 2.18 bits per heavy atom. The molecule has 3 heteroatoms. The number of para-hydroxylation sites is 1. The first-order chi connectivity index (χ1) is 8.22. The summed E-state index contributed by atoms with van der Waals surface area (Å²) >= 11 is 0. The molecule has 94 valence electrons. The molecule has 0 amide bonds. The third-order valence-corrected chi connectivity index (χ3v) is 2.69. The zero-order valence-electron chi connectivity index (χ0n) is 10.7. The topological polar surface area (TPSA) is 41.5 Å². The summed E-state index contributed by atoms with van der Waals surface area (Å²) in [5.41, 5.74) is 1.71. The minimum atomic E-state index is -0.0371. The van der Waals surface area contributed by atoms with Gasteiger partial charge in [0.15, 0.2) is 0 Å². The normalized spacial score (nSPS) is 13.5. The van der Waals surface area contributed by atoms with Crippen LogP contribution in [0.15, 0.2) is 30.3 Å². The van der Waals surface area contributed by atoms with Crippen LogP contribution in [0, 0.1) is 0 Å². The van der Waals surface area contributed by atoms with Crippen LogP contribution in [0.4, 0.5) is 5.69 Å². The van der Waals surface area contributed by atoms with Gasteiger partial charge in [0, 0.05) is 25.4 Å². The SMILES string of the molecule is CCCC(/C=C(\O)c1ccccc1NC)OC. The van der Waals surface area contributed by atoms with E-state index in [1.807, 2.05) is 31.3 Å². The van der Waals surface area contributed by atoms with Crippen molar-refractivity contribution >= 4 is 11.4 Å². The number of methoxy groups -OCH3 is 1. The van der Waals surface area contributed by atoms with Crippen molar-refractivity contribution in [2.24, 2.45) is 0 Å². The van der Waals surface area contributed by atoms with Gasteiger partial charge in [0.1, 0.15) is 5.76 Å². The lowest BCUT2D eigenvalue weighted by molar-refractivity contribution is 0.132. The molecule has 0 aliphatic heterocycles. The Balaban J connectivity index is 2.93. The molecule has 1 atom stereocenters. The molecular weight excluding hydrogens is 214 g/mol. The molecule has 0 saturated heterocycles. The van der Waals surface area contributed by atoms with E-state index in [4.69, 9.17) is 4.74 Å². The summed E-state index contributed by atoms with van der Waals surface area (Å²) in [5.74, 6) is 0.259. The second-order valence-electron chi connectivity index (χ2n) is 3.91. The Labute approximate surface area is 103 Å². The molecule has 1 unspecified atom stereocenters. The van der Waals surface area contributed by atoms with E-state index in [1.165, 1.54) is 0 Å². The van der Waals surface area contributed by atoms with E-state index in [0.717, 1.165) is 24.1 Å². The molecule has 0 aliphatic rings. The molecule has 0 bridgehead atoms. The lowest BCUT2D eigenvalue weighted by atomic mass is 10.1. The van der Waals surface area contributed by atoms with E-state index >= 15 is 0 Å². The standard InChI is InChI=1S/C14H21NO2/c1-4-7-11(17-3)10-14(16)12-8-5-6-9-13(12)15-2/h5-6,8-11,15-16H,4,7H2,1-3H3/b14-10-. The maximum Gasteiger partial charge on any atom is 0.123 e. The number of anilines is 1. The molecule has 3 nitrogen and oxygen atoms in total. The van der Waals surface area contributed by atoms with E-state index < -0.39 is 0 Å². The Hall–Kier alpha value is -1.48. The molecule has 1 aromatic carbocycles. The molecule has 0 aliphatic carbocycles. The van der Waals surface area contributed by atoms with E-state index in [2.05, 4.69) is 12.2 Å². The van der Waals surface area contributed by atoms with Gasteiger partial charge >= 0.3 is 0 Å². The molecule has 17 heavy (non-hydrogen) atoms. The van der Waals surface area contributed by atoms with E-state index in [0.29, 0.717) is 0 Å². The summed E-state index contributed by atoms with van der Waals surface area (Å²) in [6, 6.07) is 7.65. The van der Waals surface area contributed by atoms with Crippen molar-refractivity contribution in [1.29, 1.82) is 0 Å². The largest absolute Gasteiger partial charge is 0.507 e. The van der Waals surface area contributed by atoms with Crippen LogP contribution in [0.25, 0.3) is 5.76 Å². The number of aliphatic hydroxyl groups is 1. The molecule has 1 aromatic rings. The van der Waals surface area contributed by atoms with E-state index in [9.17, 15) is 5.11 Å². The summed E-state index contributed by atoms with van der Waals surface area (Å²) in [4.78, 5) is 0. The fourth-order valence-corrected chi connectivity index (χ4v) is 1.74. The average molecular weight is 235 g/mol. The Morgan fingerprint density at radius 1 is 1.47 bits per heavy atom. The fraction of sp³-hybridized carbons (Fsp3) is 0.429. The van der Waals surface area contributed by atoms with Gasteiger partial charge in [0.25, 0.3) is 0 Å². The molecule has 0 radical (unpaired) electrons. The van der Waals surface area contributed by atoms with Crippen LogP contribution in [0.3, 0.4) is 0 Å². The number of rotatable bonds is 6. The minimum absolute atomic E-state index is 0.0371. The summed E-state index contributed by atoms with van der Waals surface area (Å²) in [6.45, 7) is 2.10. The highest BCUT2D eigenvalue weighted by atomic mass is 16.5. The Kier molecular flexibility index (Phi) is 5.57. The third kappa shape index (κ3) is 3.79. The van der Waals surface area contributed by atoms with Crippen molar-refractivity contribution in [2.45, 2.75) is 25.9 Å². The van der Waals surface area contributed by atoms with E-state index in [1.54, 1.807) is 13.2 Å². The Bertz CT molecular complexity index is 374. The van der Waals surface area contributed by atoms with Crippen LogP contribution < -0.4 is 5.32 Å². The van der Waals surface area contributed by atoms with Crippen LogP contribution in [-0.4, -0.2) is 25.4 Å². The first kappa shape index (κ1) is 13.6. The zero-order valence-corrected chi connectivity index (χ0v) is 10.7. The van der Waals surface area contributed by atoms with Crippen LogP contribution in [0.1, 0.15) is 25.3 Å². The van der Waals surface area contributed by atoms with Crippen LogP contribution >= 0.6 is 0 Å². The van der Waals surface area contributed by atoms with Gasteiger partial charge in [-0.1, -0.05) is 25.5 Å². The van der Waals surface area contributed by atoms with Crippen molar-refractivity contribution in [1.82, 2.24) is 0 Å². The first-order valence-electron chi connectivity index (χ1n) is 5.93. The van der Waals surface area contributed by atoms with Gasteiger partial charge in [0.05, 0.1) is 6.10 Å². The maximum absolute atomic E-state index is 10.1. The lowest BCUT2D eigenvalue weighted by Gasteiger charge is -2.12. The fourth-order valence-electron chi connectivity index (χ4n) is 1.74. The summed E-state index contributed by atoms with van der Waals surface area (Å²) in [6.07, 6.45) is 3.66. The highest BCUT2D eigenvalue weighted by molar-refractivity contribution is 5.71. The predicted octanol–water partition coefficient (Wildman–Crippen LogP) is 3.44. The third-order valence-electron chi connectivity index (χ3n) is 2.69. The van der Waals surface area contributed by atoms with Crippen LogP contribution in [-0.2, 0) is 4.74 Å². The van der Waals surface area contributed by atoms with Gasteiger partial charge in [0.2, 0.25) is 0 Å². The van der Waals surface area contributed by atoms with Crippen LogP contribution in [0.2, 0.25) is 0 Å². The van der Waals surface area contributed by atoms with Gasteiger partial charge in [-0.15, -0.1) is 0 Å². The molecule has 0 spiro atoms. The summed E-state index contributed by atoms with van der Waals surface area (Å²) in [7, 11) is 3.50. The quantitative estimate of drug-likeness (QED) is 0.742. The highest BCUT2D eigenvalue weighted by Crippen LogP contribution is 2.22. The van der Waals surface area contributed by atoms with Crippen molar-refractivity contribution in [3.8, 4) is 0 Å². The monoisotopic (exact) mass is 235 g/mol. The molecule has 0 fully saturated rings. The predicted molar refractivity (Wildman–Crippen MR) is 72.3 cm³/mol. The van der Waals surface area contributed by atoms with E-state index in [-0.39, 0.29) is 11.9 Å². The van der Waals surface area contributed by atoms with Gasteiger partial charge in [-0.25, -0.2) is 0 Å². The number of nitrogens with one attached hydrogen (secondary N) is 1. The highest BCUT2D eigenvalue weighted by Gasteiger charge is 2.08. The average Bonchev–Trinajstić information content (AvgIpc) is 2.38. The molecule has 0 saturated carbocycles. The van der Waals surface area contributed by atoms with Gasteiger partial charge < -0.3 is 15.2 Å². The maximum atomic E-state index is 10.1. The number of ether oxygens (including phenoxy) is 1. The molecule has 0 heterocycles. The first-order valence-corrected chi connectivity index (χ1v) is 5.93. The zero-order chi connectivity index (χ0) is 12.7. The van der Waals surface area contributed by atoms with Crippen molar-refractivity contribution in [2.75, 3.05) is 19.5 Å². The van der Waals surface area contributed by atoms with Gasteiger partial charge in [-0.05, 0) is 24.6 Å². The second-order valence-corrected chi connectivity index (χ2v) is 3.91. The van der Waals surface area contributed by atoms with Crippen molar-refractivity contribution in [3.05, 3.63) is 35.9 Å². The smallest absolute Gasteiger partial charge is 0.123 e. The Morgan fingerprint density at radius 3 is 2.76 bits per heavy atom. The van der Waals surface area contributed by atoms with Gasteiger partial charge in [-0.3, -0.25) is 0 Å². The number of hydrogen-bond acceptors (Lipinski definition) is 3. The summed E-state index contributed by atoms with van der Waals surface area (Å²) < 4.78 is 5.30. The summed E-state index contributed by atoms with van der Waals surface area (Å²) in [5, 5.41) is 13.2. The molecule has 1 rings (SSSR count). The number of hydrogen-bond donors (Lipinski definition) is 2. The number of aliphatic hydroxyl groups excluding tert-OH is 1. The molecular formula is C14H21NO2. The van der Waals surface area contributed by atoms with Crippen LogP contribution in [0.5, 0.6) is 0 Å².